The van der Waals surface area contributed by atoms with Gasteiger partial charge in [-0.05, 0) is 208 Å². The predicted octanol–water partition coefficient (Wildman–Crippen LogP) is 28.3. The van der Waals surface area contributed by atoms with Crippen LogP contribution in [0.2, 0.25) is 0 Å². The molecule has 0 saturated carbocycles. The third kappa shape index (κ3) is 8.96. The van der Waals surface area contributed by atoms with Crippen LogP contribution in [0.25, 0.3) is 198 Å². The van der Waals surface area contributed by atoms with Gasteiger partial charge in [0.1, 0.15) is 0 Å². The highest BCUT2D eigenvalue weighted by Crippen LogP contribution is 2.56. The minimum atomic E-state index is -0.147. The largest absolute Gasteiger partial charge is 0.309 e. The first-order valence-corrected chi connectivity index (χ1v) is 38.5. The summed E-state index contributed by atoms with van der Waals surface area (Å²) in [6, 6.07) is 135. The van der Waals surface area contributed by atoms with Crippen LogP contribution in [0.4, 0.5) is 0 Å². The molecule has 0 bridgehead atoms. The first kappa shape index (κ1) is 62.4. The van der Waals surface area contributed by atoms with Gasteiger partial charge in [-0.1, -0.05) is 282 Å². The standard InChI is InChI=1S/2C53H36N2/c1-53(2)44-19-9-7-18-41(44)51-45(53)26-29-50-52(51)43-32-37(24-28-49(43)54(50)38-25-22-33-12-3-4-14-35(33)30-38)36-23-27-48-42(31-36)40-17-8-10-20-47(40)55(48)46-21-11-15-34-13-5-6-16-39(34)46;1-53(2)45-19-9-7-17-40(45)42-26-29-50-51(52(42)53)44-32-37(24-28-49(44)54(50)38-25-22-33-12-3-4-14-35(33)30-38)36-23-27-48-43(31-36)41-18-8-10-20-47(41)55(48)46-21-11-15-34-13-5-6-16-39(34)46/h2*3-32H,1-2H3. The van der Waals surface area contributed by atoms with E-state index in [2.05, 4.69) is 410 Å². The lowest BCUT2D eigenvalue weighted by Crippen LogP contribution is -2.15. The second-order valence-electron chi connectivity index (χ2n) is 31.5. The molecule has 0 fully saturated rings. The van der Waals surface area contributed by atoms with Crippen LogP contribution in [0, 0.1) is 0 Å². The van der Waals surface area contributed by atoms with Crippen LogP contribution in [0.3, 0.4) is 0 Å². The monoisotopic (exact) mass is 1400 g/mol. The molecule has 0 amide bonds. The summed E-state index contributed by atoms with van der Waals surface area (Å²) in [7, 11) is 0. The lowest BCUT2D eigenvalue weighted by Gasteiger charge is -2.22. The number of aromatic nitrogens is 4. The molecule has 0 unspecified atom stereocenters. The Labute approximate surface area is 636 Å². The van der Waals surface area contributed by atoms with Crippen molar-refractivity contribution < 1.29 is 0 Å². The minimum absolute atomic E-state index is 0.0849. The molecule has 0 spiro atoms. The Morgan fingerprint density at radius 1 is 0.200 bits per heavy atom. The second-order valence-corrected chi connectivity index (χ2v) is 31.5. The number of para-hydroxylation sites is 2. The first-order valence-electron chi connectivity index (χ1n) is 38.5. The fourth-order valence-electron chi connectivity index (χ4n) is 19.9. The van der Waals surface area contributed by atoms with Crippen molar-refractivity contribution in [2.24, 2.45) is 0 Å². The third-order valence-corrected chi connectivity index (χ3v) is 24.9. The normalized spacial score (nSPS) is 13.4. The molecule has 0 saturated heterocycles. The summed E-state index contributed by atoms with van der Waals surface area (Å²) >= 11 is 0. The molecule has 22 aromatic rings. The summed E-state index contributed by atoms with van der Waals surface area (Å²) in [5.41, 5.74) is 30.2. The van der Waals surface area contributed by atoms with Crippen LogP contribution in [0.15, 0.2) is 364 Å². The Kier molecular flexibility index (Phi) is 13.2. The molecular weight excluding hydrogens is 1330 g/mol. The summed E-state index contributed by atoms with van der Waals surface area (Å²) in [5, 5.41) is 20.3. The zero-order chi connectivity index (χ0) is 72.8. The lowest BCUT2D eigenvalue weighted by molar-refractivity contribution is 0.661. The fraction of sp³-hybridized carbons (Fsp3) is 0.0566. The van der Waals surface area contributed by atoms with E-state index in [1.165, 1.54) is 220 Å². The van der Waals surface area contributed by atoms with Crippen molar-refractivity contribution in [3.8, 4) is 67.3 Å². The quantitative estimate of drug-likeness (QED) is 0.158. The molecule has 0 radical (unpaired) electrons. The van der Waals surface area contributed by atoms with Gasteiger partial charge in [-0.15, -0.1) is 0 Å². The van der Waals surface area contributed by atoms with E-state index in [1.54, 1.807) is 0 Å². The fourth-order valence-corrected chi connectivity index (χ4v) is 19.9. The molecule has 4 aromatic heterocycles. The van der Waals surface area contributed by atoms with Gasteiger partial charge < -0.3 is 18.3 Å². The molecule has 4 nitrogen and oxygen atoms in total. The summed E-state index contributed by atoms with van der Waals surface area (Å²) in [6.45, 7) is 9.56. The van der Waals surface area contributed by atoms with Crippen LogP contribution in [0.1, 0.15) is 49.9 Å². The first-order chi connectivity index (χ1) is 54.1. The van der Waals surface area contributed by atoms with E-state index in [0.29, 0.717) is 0 Å². The summed E-state index contributed by atoms with van der Waals surface area (Å²) in [5.74, 6) is 0. The van der Waals surface area contributed by atoms with Gasteiger partial charge in [0.25, 0.3) is 0 Å². The van der Waals surface area contributed by atoms with Crippen molar-refractivity contribution in [1.29, 1.82) is 0 Å². The summed E-state index contributed by atoms with van der Waals surface area (Å²) in [4.78, 5) is 0. The van der Waals surface area contributed by atoms with E-state index in [4.69, 9.17) is 0 Å². The average molecular weight is 1400 g/mol. The maximum Gasteiger partial charge on any atom is 0.0547 e. The van der Waals surface area contributed by atoms with Gasteiger partial charge in [-0.25, -0.2) is 0 Å². The van der Waals surface area contributed by atoms with E-state index in [0.717, 1.165) is 0 Å². The maximum atomic E-state index is 2.49. The zero-order valence-electron chi connectivity index (χ0n) is 61.4. The minimum Gasteiger partial charge on any atom is -0.309 e. The number of hydrogen-bond acceptors (Lipinski definition) is 0. The molecule has 24 rings (SSSR count). The molecule has 0 aliphatic heterocycles. The molecule has 2 aliphatic rings. The molecule has 0 N–H and O–H groups in total. The Hall–Kier alpha value is -13.8. The van der Waals surface area contributed by atoms with Crippen LogP contribution in [0.5, 0.6) is 0 Å². The van der Waals surface area contributed by atoms with Crippen LogP contribution >= 0.6 is 0 Å². The lowest BCUT2D eigenvalue weighted by atomic mass is 9.80. The molecule has 110 heavy (non-hydrogen) atoms. The molecule has 4 heteroatoms. The smallest absolute Gasteiger partial charge is 0.0547 e. The molecule has 18 aromatic carbocycles. The Morgan fingerprint density at radius 2 is 0.573 bits per heavy atom. The third-order valence-electron chi connectivity index (χ3n) is 24.9. The van der Waals surface area contributed by atoms with Crippen molar-refractivity contribution in [3.63, 3.8) is 0 Å². The topological polar surface area (TPSA) is 19.7 Å². The van der Waals surface area contributed by atoms with Crippen molar-refractivity contribution in [1.82, 2.24) is 18.3 Å². The van der Waals surface area contributed by atoms with Gasteiger partial charge in [-0.2, -0.15) is 0 Å². The Morgan fingerprint density at radius 3 is 1.10 bits per heavy atom. The van der Waals surface area contributed by atoms with E-state index in [-0.39, 0.29) is 10.8 Å². The van der Waals surface area contributed by atoms with Crippen molar-refractivity contribution >= 4 is 130 Å². The van der Waals surface area contributed by atoms with Crippen LogP contribution < -0.4 is 0 Å². The average Bonchev–Trinajstić information content (AvgIpc) is 1.54. The highest BCUT2D eigenvalue weighted by atomic mass is 15.0. The van der Waals surface area contributed by atoms with E-state index in [1.807, 2.05) is 0 Å². The molecule has 516 valence electrons. The van der Waals surface area contributed by atoms with Crippen LogP contribution in [-0.2, 0) is 10.8 Å². The van der Waals surface area contributed by atoms with Gasteiger partial charge in [0, 0.05) is 76.1 Å². The molecule has 2 aliphatic carbocycles. The van der Waals surface area contributed by atoms with Crippen molar-refractivity contribution in [2.75, 3.05) is 0 Å². The highest BCUT2D eigenvalue weighted by Gasteiger charge is 2.40. The van der Waals surface area contributed by atoms with Crippen molar-refractivity contribution in [2.45, 2.75) is 38.5 Å². The number of nitrogens with zero attached hydrogens (tertiary/aromatic N) is 4. The summed E-state index contributed by atoms with van der Waals surface area (Å²) in [6.07, 6.45) is 0. The number of fused-ring (bicyclic) bond motifs is 24. The maximum absolute atomic E-state index is 2.49. The van der Waals surface area contributed by atoms with E-state index in [9.17, 15) is 0 Å². The number of hydrogen-bond donors (Lipinski definition) is 0. The van der Waals surface area contributed by atoms with E-state index >= 15 is 0 Å². The van der Waals surface area contributed by atoms with Crippen molar-refractivity contribution in [3.05, 3.63) is 386 Å². The van der Waals surface area contributed by atoms with Gasteiger partial charge in [-0.3, -0.25) is 0 Å². The predicted molar refractivity (Wildman–Crippen MR) is 466 cm³/mol. The highest BCUT2D eigenvalue weighted by molar-refractivity contribution is 6.21. The second kappa shape index (κ2) is 23.4. The number of benzene rings is 18. The molecule has 0 atom stereocenters. The Bertz CT molecular complexity index is 7720. The Balaban J connectivity index is 0.000000132. The van der Waals surface area contributed by atoms with Gasteiger partial charge in [0.05, 0.1) is 55.5 Å². The molecular formula is C106H72N4. The number of rotatable bonds is 6. The SMILES string of the molecule is CC1(C)c2ccccc2-c2c1ccc1c2c2cc(-c3ccc4c(c3)c3ccccc3n4-c3cccc4ccccc34)ccc2n1-c1ccc2ccccc2c1.CC1(C)c2ccccc2-c2ccc3c(c21)c1cc(-c2ccc4c(c2)c2ccccc2n4-c2cccc4ccccc24)ccc1n3-c1ccc2ccccc2c1. The van der Waals surface area contributed by atoms with Gasteiger partial charge >= 0.3 is 0 Å². The zero-order valence-corrected chi connectivity index (χ0v) is 61.4. The summed E-state index contributed by atoms with van der Waals surface area (Å²) < 4.78 is 9.86. The van der Waals surface area contributed by atoms with E-state index < -0.39 is 0 Å². The van der Waals surface area contributed by atoms with Gasteiger partial charge in [0.2, 0.25) is 0 Å². The van der Waals surface area contributed by atoms with Gasteiger partial charge in [0.15, 0.2) is 0 Å². The molecule has 4 heterocycles. The van der Waals surface area contributed by atoms with Crippen LogP contribution in [-0.4, -0.2) is 18.3 Å².